The number of rotatable bonds is 1. The molecule has 0 nitrogen and oxygen atoms in total. The average Bonchev–Trinajstić information content (AvgIpc) is 2.31. The molecule has 0 saturated carbocycles. The van der Waals surface area contributed by atoms with Gasteiger partial charge < -0.3 is 0 Å². The van der Waals surface area contributed by atoms with E-state index in [-0.39, 0.29) is 0 Å². The predicted octanol–water partition coefficient (Wildman–Crippen LogP) is 2.16. The molecule has 0 amide bonds. The van der Waals surface area contributed by atoms with Gasteiger partial charge in [0.05, 0.1) is 0 Å². The Balaban J connectivity index is 2.74. The second-order valence-corrected chi connectivity index (χ2v) is 5.18. The van der Waals surface area contributed by atoms with Crippen molar-refractivity contribution < 1.29 is 0 Å². The monoisotopic (exact) mass is 248 g/mol. The Morgan fingerprint density at radius 3 is 2.06 bits per heavy atom. The molecule has 0 aliphatic rings. The van der Waals surface area contributed by atoms with Crippen LogP contribution in [0.5, 0.6) is 0 Å². The average molecular weight is 248 g/mol. The highest BCUT2D eigenvalue weighted by atomic mass is 32.1. The summed E-state index contributed by atoms with van der Waals surface area (Å²) in [5, 5.41) is 0. The van der Waals surface area contributed by atoms with E-state index < -0.39 is 0 Å². The predicted molar refractivity (Wildman–Crippen MR) is 84.1 cm³/mol. The summed E-state index contributed by atoms with van der Waals surface area (Å²) in [6, 6.07) is 7.93. The van der Waals surface area contributed by atoms with Gasteiger partial charge in [-0.1, -0.05) is 23.7 Å². The van der Waals surface area contributed by atoms with Crippen LogP contribution in [0.25, 0.3) is 11.1 Å². The van der Waals surface area contributed by atoms with Gasteiger partial charge in [0, 0.05) is 4.90 Å². The van der Waals surface area contributed by atoms with E-state index in [1.54, 1.807) is 6.07 Å². The Morgan fingerprint density at radius 1 is 0.944 bits per heavy atom. The lowest BCUT2D eigenvalue weighted by Crippen LogP contribution is -2.27. The van der Waals surface area contributed by atoms with Crippen molar-refractivity contribution in [3.8, 4) is 11.1 Å². The summed E-state index contributed by atoms with van der Waals surface area (Å²) in [6.45, 7) is 6.33. The van der Waals surface area contributed by atoms with Crippen molar-refractivity contribution >= 4 is 39.2 Å². The van der Waals surface area contributed by atoms with Crippen molar-refractivity contribution in [3.05, 3.63) is 41.0 Å². The number of aryl methyl sites for hydroxylation is 2. The molecule has 0 spiro atoms. The molecule has 0 aromatic heterocycles. The molecular weight excluding hydrogens is 234 g/mol. The Kier molecular flexibility index (Phi) is 3.63. The third-order valence-electron chi connectivity index (χ3n) is 3.47. The van der Waals surface area contributed by atoms with Crippen LogP contribution in [-0.4, -0.2) is 15.7 Å². The van der Waals surface area contributed by atoms with Crippen molar-refractivity contribution in [2.45, 2.75) is 25.7 Å². The first-order valence-electron chi connectivity index (χ1n) is 5.87. The van der Waals surface area contributed by atoms with Crippen molar-refractivity contribution in [3.63, 3.8) is 0 Å². The van der Waals surface area contributed by atoms with E-state index in [2.05, 4.69) is 45.5 Å². The first kappa shape index (κ1) is 13.4. The maximum atomic E-state index is 6.08. The number of thiol groups is 1. The Morgan fingerprint density at radius 2 is 1.50 bits per heavy atom. The van der Waals surface area contributed by atoms with E-state index in [4.69, 9.17) is 15.7 Å². The van der Waals surface area contributed by atoms with Gasteiger partial charge in [-0.2, -0.15) is 0 Å². The Bertz CT molecular complexity index is 595. The highest BCUT2D eigenvalue weighted by molar-refractivity contribution is 7.80. The summed E-state index contributed by atoms with van der Waals surface area (Å²) < 4.78 is 0. The molecule has 0 heterocycles. The van der Waals surface area contributed by atoms with Crippen LogP contribution in [0.1, 0.15) is 16.7 Å². The molecule has 86 valence electrons. The lowest BCUT2D eigenvalue weighted by Gasteiger charge is -2.15. The lowest BCUT2D eigenvalue weighted by atomic mass is 9.76. The van der Waals surface area contributed by atoms with Gasteiger partial charge in [-0.05, 0) is 54.7 Å². The molecule has 2 rings (SSSR count). The second-order valence-electron chi connectivity index (χ2n) is 4.70. The van der Waals surface area contributed by atoms with Crippen molar-refractivity contribution in [2.24, 2.45) is 0 Å². The Hall–Kier alpha value is -1.08. The summed E-state index contributed by atoms with van der Waals surface area (Å²) in [5.41, 5.74) is 7.00. The van der Waals surface area contributed by atoms with Crippen molar-refractivity contribution in [1.82, 2.24) is 0 Å². The van der Waals surface area contributed by atoms with E-state index >= 15 is 0 Å². The third kappa shape index (κ3) is 2.24. The molecular formula is C15H14B2S. The van der Waals surface area contributed by atoms with Gasteiger partial charge in [0.1, 0.15) is 15.7 Å². The molecule has 0 atom stereocenters. The SMILES string of the molecule is [B]c1ccc(S)c(-c2cc(C)c(C)c(C)c2)c1[B]. The first-order chi connectivity index (χ1) is 8.41. The van der Waals surface area contributed by atoms with Crippen LogP contribution < -0.4 is 10.9 Å². The second kappa shape index (κ2) is 4.89. The fourth-order valence-electron chi connectivity index (χ4n) is 2.11. The number of hydrogen-bond acceptors (Lipinski definition) is 1. The summed E-state index contributed by atoms with van der Waals surface area (Å²) >= 11 is 4.49. The minimum Gasteiger partial charge on any atom is -0.143 e. The summed E-state index contributed by atoms with van der Waals surface area (Å²) in [4.78, 5) is 0.851. The lowest BCUT2D eigenvalue weighted by molar-refractivity contribution is 1.26. The van der Waals surface area contributed by atoms with Gasteiger partial charge >= 0.3 is 0 Å². The molecule has 3 heteroatoms. The van der Waals surface area contributed by atoms with E-state index in [1.165, 1.54) is 16.7 Å². The van der Waals surface area contributed by atoms with E-state index in [0.29, 0.717) is 10.9 Å². The van der Waals surface area contributed by atoms with Crippen LogP contribution in [0.3, 0.4) is 0 Å². The van der Waals surface area contributed by atoms with Gasteiger partial charge in [0.25, 0.3) is 0 Å². The quantitative estimate of drug-likeness (QED) is 0.580. The van der Waals surface area contributed by atoms with E-state index in [0.717, 1.165) is 16.0 Å². The van der Waals surface area contributed by atoms with Crippen LogP contribution in [0.2, 0.25) is 0 Å². The zero-order valence-corrected chi connectivity index (χ0v) is 11.8. The summed E-state index contributed by atoms with van der Waals surface area (Å²) in [5.74, 6) is 0. The van der Waals surface area contributed by atoms with Gasteiger partial charge in [0.2, 0.25) is 0 Å². The van der Waals surface area contributed by atoms with Crippen LogP contribution in [0.4, 0.5) is 0 Å². The van der Waals surface area contributed by atoms with Crippen LogP contribution in [0.15, 0.2) is 29.2 Å². The van der Waals surface area contributed by atoms with Gasteiger partial charge in [-0.25, -0.2) is 0 Å². The molecule has 2 aromatic carbocycles. The molecule has 0 bridgehead atoms. The molecule has 0 unspecified atom stereocenters. The maximum absolute atomic E-state index is 6.08. The zero-order valence-electron chi connectivity index (χ0n) is 10.9. The van der Waals surface area contributed by atoms with Crippen molar-refractivity contribution in [1.29, 1.82) is 0 Å². The fraction of sp³-hybridized carbons (Fsp3) is 0.200. The molecule has 0 saturated heterocycles. The molecule has 0 N–H and O–H groups in total. The Labute approximate surface area is 117 Å². The minimum atomic E-state index is 0.596. The standard InChI is InChI=1S/C15H14B2S/c1-8-6-11(7-9(2)10(8)3)14-13(18)5-4-12(16)15(14)17/h4-7,18H,1-3H3. The normalized spacial score (nSPS) is 10.7. The molecule has 2 aromatic rings. The van der Waals surface area contributed by atoms with Gasteiger partial charge in [-0.3, -0.25) is 0 Å². The van der Waals surface area contributed by atoms with Crippen LogP contribution in [-0.2, 0) is 0 Å². The molecule has 0 aliphatic heterocycles. The summed E-state index contributed by atoms with van der Waals surface area (Å²) in [7, 11) is 12.0. The highest BCUT2D eigenvalue weighted by Crippen LogP contribution is 2.27. The topological polar surface area (TPSA) is 0 Å². The molecule has 0 fully saturated rings. The molecule has 18 heavy (non-hydrogen) atoms. The number of benzene rings is 2. The molecule has 0 aliphatic carbocycles. The third-order valence-corrected chi connectivity index (χ3v) is 3.85. The largest absolute Gasteiger partial charge is 0.143 e. The van der Waals surface area contributed by atoms with Gasteiger partial charge in [0.15, 0.2) is 0 Å². The zero-order chi connectivity index (χ0) is 13.4. The van der Waals surface area contributed by atoms with Crippen LogP contribution >= 0.6 is 12.6 Å². The minimum absolute atomic E-state index is 0.596. The maximum Gasteiger partial charge on any atom is 0.113 e. The highest BCUT2D eigenvalue weighted by Gasteiger charge is 2.09. The van der Waals surface area contributed by atoms with Crippen LogP contribution in [0, 0.1) is 20.8 Å². The van der Waals surface area contributed by atoms with E-state index in [9.17, 15) is 0 Å². The molecule has 4 radical (unpaired) electrons. The van der Waals surface area contributed by atoms with Crippen molar-refractivity contribution in [2.75, 3.05) is 0 Å². The fourth-order valence-corrected chi connectivity index (χ4v) is 2.43. The smallest absolute Gasteiger partial charge is 0.113 e. The first-order valence-corrected chi connectivity index (χ1v) is 6.31. The summed E-state index contributed by atoms with van der Waals surface area (Å²) in [6.07, 6.45) is 0. The van der Waals surface area contributed by atoms with E-state index in [1.807, 2.05) is 6.07 Å². The van der Waals surface area contributed by atoms with Gasteiger partial charge in [-0.15, -0.1) is 18.1 Å². The number of hydrogen-bond donors (Lipinski definition) is 1.